The van der Waals surface area contributed by atoms with E-state index in [1.165, 1.54) is 33.1 Å². The van der Waals surface area contributed by atoms with Gasteiger partial charge < -0.3 is 23.9 Å². The van der Waals surface area contributed by atoms with E-state index in [9.17, 15) is 29.3 Å². The van der Waals surface area contributed by atoms with Crippen molar-refractivity contribution in [2.75, 3.05) is 44.1 Å². The molecule has 2 N–H and O–H groups in total. The molecule has 35 heavy (non-hydrogen) atoms. The van der Waals surface area contributed by atoms with E-state index in [0.717, 1.165) is 6.07 Å². The van der Waals surface area contributed by atoms with Crippen LogP contribution in [0.4, 0.5) is 17.3 Å². The Balaban J connectivity index is 2.19. The van der Waals surface area contributed by atoms with Gasteiger partial charge in [-0.3, -0.25) is 25.0 Å². The smallest absolute Gasteiger partial charge is 0.344 e. The van der Waals surface area contributed by atoms with Gasteiger partial charge in [-0.1, -0.05) is 0 Å². The summed E-state index contributed by atoms with van der Waals surface area (Å²) in [6.45, 7) is 4.07. The first kappa shape index (κ1) is 27.0. The van der Waals surface area contributed by atoms with Gasteiger partial charge in [0, 0.05) is 31.5 Å². The maximum atomic E-state index is 12.6. The minimum Gasteiger partial charge on any atom is -0.462 e. The number of ketones is 1. The number of carbonyl (C=O) groups is 4. The number of hydrogen-bond donors (Lipinski definition) is 2. The van der Waals surface area contributed by atoms with Crippen LogP contribution in [0.5, 0.6) is 0 Å². The number of aryl methyl sites for hydroxylation is 1. The summed E-state index contributed by atoms with van der Waals surface area (Å²) in [5.41, 5.74) is -0.557. The Kier molecular flexibility index (Phi) is 9.46. The molecular formula is C22H25N3O10. The second-order valence-electron chi connectivity index (χ2n) is 7.04. The molecule has 1 aromatic heterocycles. The molecule has 0 saturated heterocycles. The maximum absolute atomic E-state index is 12.6. The van der Waals surface area contributed by atoms with Crippen LogP contribution in [-0.2, 0) is 19.0 Å². The zero-order valence-electron chi connectivity index (χ0n) is 19.6. The van der Waals surface area contributed by atoms with E-state index in [1.807, 2.05) is 0 Å². The lowest BCUT2D eigenvalue weighted by molar-refractivity contribution is -0.384. The van der Waals surface area contributed by atoms with Gasteiger partial charge in [-0.25, -0.2) is 9.59 Å². The Morgan fingerprint density at radius 3 is 2.43 bits per heavy atom. The monoisotopic (exact) mass is 491 g/mol. The van der Waals surface area contributed by atoms with E-state index in [4.69, 9.17) is 18.6 Å². The van der Waals surface area contributed by atoms with Crippen LogP contribution in [0.25, 0.3) is 0 Å². The van der Waals surface area contributed by atoms with Crippen molar-refractivity contribution in [2.45, 2.75) is 20.8 Å². The fourth-order valence-electron chi connectivity index (χ4n) is 3.08. The lowest BCUT2D eigenvalue weighted by Crippen LogP contribution is -2.23. The highest BCUT2D eigenvalue weighted by molar-refractivity contribution is 6.11. The largest absolute Gasteiger partial charge is 0.462 e. The summed E-state index contributed by atoms with van der Waals surface area (Å²) in [4.78, 5) is 59.7. The normalized spacial score (nSPS) is 10.4. The van der Waals surface area contributed by atoms with Gasteiger partial charge in [0.05, 0.1) is 29.3 Å². The lowest BCUT2D eigenvalue weighted by Gasteiger charge is -2.11. The van der Waals surface area contributed by atoms with Crippen LogP contribution in [0.1, 0.15) is 50.7 Å². The Morgan fingerprint density at radius 2 is 1.83 bits per heavy atom. The first-order valence-corrected chi connectivity index (χ1v) is 10.4. The van der Waals surface area contributed by atoms with Crippen LogP contribution in [0.2, 0.25) is 0 Å². The molecule has 0 unspecified atom stereocenters. The van der Waals surface area contributed by atoms with E-state index >= 15 is 0 Å². The molecule has 1 heterocycles. The van der Waals surface area contributed by atoms with Gasteiger partial charge in [-0.05, 0) is 26.8 Å². The molecule has 1 amide bonds. The molecule has 2 aromatic rings. The van der Waals surface area contributed by atoms with E-state index < -0.39 is 35.2 Å². The number of methoxy groups -OCH3 is 1. The molecular weight excluding hydrogens is 466 g/mol. The van der Waals surface area contributed by atoms with Crippen molar-refractivity contribution in [1.29, 1.82) is 0 Å². The third kappa shape index (κ3) is 6.86. The number of non-ortho nitro benzene ring substituents is 1. The Bertz CT molecular complexity index is 1140. The fraction of sp³-hybridized carbons (Fsp3) is 0.364. The summed E-state index contributed by atoms with van der Waals surface area (Å²) in [6, 6.07) is 3.57. The van der Waals surface area contributed by atoms with Crippen molar-refractivity contribution < 1.29 is 42.7 Å². The predicted molar refractivity (Wildman–Crippen MR) is 122 cm³/mol. The topological polar surface area (TPSA) is 176 Å². The number of nitrogens with zero attached hydrogens (tertiary/aromatic N) is 1. The molecule has 0 aliphatic rings. The first-order valence-electron chi connectivity index (χ1n) is 10.4. The molecule has 0 saturated carbocycles. The molecule has 1 aromatic carbocycles. The van der Waals surface area contributed by atoms with Crippen molar-refractivity contribution in [3.8, 4) is 0 Å². The summed E-state index contributed by atoms with van der Waals surface area (Å²) in [6.07, 6.45) is 0. The lowest BCUT2D eigenvalue weighted by atomic mass is 10.1. The zero-order chi connectivity index (χ0) is 26.1. The van der Waals surface area contributed by atoms with Crippen molar-refractivity contribution >= 4 is 40.9 Å². The number of amides is 1. The van der Waals surface area contributed by atoms with Crippen molar-refractivity contribution in [1.82, 2.24) is 0 Å². The van der Waals surface area contributed by atoms with E-state index in [0.29, 0.717) is 13.2 Å². The minimum atomic E-state index is -1.01. The second kappa shape index (κ2) is 12.3. The second-order valence-corrected chi connectivity index (χ2v) is 7.04. The van der Waals surface area contributed by atoms with Gasteiger partial charge in [-0.15, -0.1) is 0 Å². The molecule has 0 spiro atoms. The van der Waals surface area contributed by atoms with E-state index in [1.54, 1.807) is 6.92 Å². The van der Waals surface area contributed by atoms with Crippen LogP contribution >= 0.6 is 0 Å². The third-order valence-electron chi connectivity index (χ3n) is 4.56. The number of benzene rings is 1. The number of esters is 2. The maximum Gasteiger partial charge on any atom is 0.344 e. The van der Waals surface area contributed by atoms with Crippen molar-refractivity contribution in [3.63, 3.8) is 0 Å². The number of nitro groups is 1. The van der Waals surface area contributed by atoms with Crippen LogP contribution in [0, 0.1) is 17.0 Å². The number of ether oxygens (including phenoxy) is 3. The summed E-state index contributed by atoms with van der Waals surface area (Å²) in [7, 11) is 1.48. The molecule has 0 fully saturated rings. The zero-order valence-corrected chi connectivity index (χ0v) is 19.6. The van der Waals surface area contributed by atoms with E-state index in [2.05, 4.69) is 10.6 Å². The van der Waals surface area contributed by atoms with Gasteiger partial charge in [0.2, 0.25) is 5.88 Å². The minimum absolute atomic E-state index is 0.0232. The summed E-state index contributed by atoms with van der Waals surface area (Å²) >= 11 is 0. The number of Topliss-reactive ketones (excluding diaryl/α,β-unsaturated/α-hetero) is 1. The van der Waals surface area contributed by atoms with Gasteiger partial charge in [0.1, 0.15) is 11.3 Å². The summed E-state index contributed by atoms with van der Waals surface area (Å²) in [5.74, 6) is -3.46. The Morgan fingerprint density at radius 1 is 1.11 bits per heavy atom. The van der Waals surface area contributed by atoms with E-state index in [-0.39, 0.29) is 46.3 Å². The molecule has 0 aliphatic heterocycles. The van der Waals surface area contributed by atoms with Crippen molar-refractivity contribution in [3.05, 3.63) is 50.8 Å². The summed E-state index contributed by atoms with van der Waals surface area (Å²) in [5, 5.41) is 16.3. The standard InChI is InChI=1S/C22H25N3O10/c1-5-33-22(29)19-18(12(2)26)13(3)35-20(19)24-17(27)11-34-21(28)15-10-14(25(30)31)6-7-16(15)23-8-9-32-4/h6-7,10,23H,5,8-9,11H2,1-4H3,(H,24,27). The molecule has 0 aliphatic carbocycles. The number of carbonyl (C=O) groups excluding carboxylic acids is 4. The van der Waals surface area contributed by atoms with Gasteiger partial charge >= 0.3 is 11.9 Å². The molecule has 2 rings (SSSR count). The third-order valence-corrected chi connectivity index (χ3v) is 4.56. The number of rotatable bonds is 12. The molecule has 0 bridgehead atoms. The molecule has 13 nitrogen and oxygen atoms in total. The number of hydrogen-bond acceptors (Lipinski definition) is 11. The number of furan rings is 1. The number of nitrogens with one attached hydrogen (secondary N) is 2. The number of anilines is 2. The molecule has 0 radical (unpaired) electrons. The van der Waals surface area contributed by atoms with Crippen LogP contribution in [-0.4, -0.2) is 62.0 Å². The molecule has 13 heteroatoms. The predicted octanol–water partition coefficient (Wildman–Crippen LogP) is 2.73. The Labute approximate surface area is 199 Å². The van der Waals surface area contributed by atoms with Crippen LogP contribution in [0.15, 0.2) is 22.6 Å². The molecule has 0 atom stereocenters. The van der Waals surface area contributed by atoms with Gasteiger partial charge in [-0.2, -0.15) is 0 Å². The number of nitro benzene ring substituents is 1. The molecule has 188 valence electrons. The van der Waals surface area contributed by atoms with Gasteiger partial charge in [0.25, 0.3) is 11.6 Å². The fourth-order valence-corrected chi connectivity index (χ4v) is 3.08. The average Bonchev–Trinajstić information content (AvgIpc) is 3.13. The highest BCUT2D eigenvalue weighted by atomic mass is 16.6. The highest BCUT2D eigenvalue weighted by Crippen LogP contribution is 2.29. The van der Waals surface area contributed by atoms with Crippen LogP contribution in [0.3, 0.4) is 0 Å². The average molecular weight is 491 g/mol. The quantitative estimate of drug-likeness (QED) is 0.147. The highest BCUT2D eigenvalue weighted by Gasteiger charge is 2.29. The SMILES string of the molecule is CCOC(=O)c1c(NC(=O)COC(=O)c2cc([N+](=O)[O-])ccc2NCCOC)oc(C)c1C(C)=O. The van der Waals surface area contributed by atoms with Crippen molar-refractivity contribution in [2.24, 2.45) is 0 Å². The first-order chi connectivity index (χ1) is 16.6. The Hall–Kier alpha value is -4.26. The van der Waals surface area contributed by atoms with Crippen LogP contribution < -0.4 is 10.6 Å². The van der Waals surface area contributed by atoms with Gasteiger partial charge in [0.15, 0.2) is 12.4 Å². The summed E-state index contributed by atoms with van der Waals surface area (Å²) < 4.78 is 20.2.